The highest BCUT2D eigenvalue weighted by Gasteiger charge is 2.21. The third-order valence-electron chi connectivity index (χ3n) is 4.97. The van der Waals surface area contributed by atoms with Gasteiger partial charge in [0.2, 0.25) is 5.95 Å². The van der Waals surface area contributed by atoms with Gasteiger partial charge in [0.05, 0.1) is 27.6 Å². The molecular formula is C21H23N5O3S. The molecule has 3 aromatic heterocycles. The number of fused-ring (bicyclic) bond motifs is 2. The fraction of sp³-hybridized carbons (Fsp3) is 0.333. The molecule has 0 saturated heterocycles. The summed E-state index contributed by atoms with van der Waals surface area (Å²) in [5, 5.41) is 3.43. The van der Waals surface area contributed by atoms with Crippen LogP contribution < -0.4 is 10.9 Å². The molecule has 9 heteroatoms. The number of nitrogens with one attached hydrogen (secondary N) is 1. The van der Waals surface area contributed by atoms with Crippen LogP contribution in [0.5, 0.6) is 0 Å². The number of hydrogen-bond donors (Lipinski definition) is 1. The Kier molecular flexibility index (Phi) is 5.65. The Balaban J connectivity index is 1.68. The van der Waals surface area contributed by atoms with Crippen LogP contribution in [0.2, 0.25) is 0 Å². The highest BCUT2D eigenvalue weighted by Crippen LogP contribution is 2.28. The van der Waals surface area contributed by atoms with Crippen molar-refractivity contribution in [3.05, 3.63) is 51.4 Å². The van der Waals surface area contributed by atoms with Crippen molar-refractivity contribution in [1.82, 2.24) is 19.1 Å². The number of anilines is 1. The molecule has 0 spiro atoms. The average molecular weight is 426 g/mol. The highest BCUT2D eigenvalue weighted by atomic mass is 32.1. The second kappa shape index (κ2) is 8.37. The Bertz CT molecular complexity index is 1290. The highest BCUT2D eigenvalue weighted by molar-refractivity contribution is 7.20. The summed E-state index contributed by atoms with van der Waals surface area (Å²) in [7, 11) is 1.65. The number of hydrogen-bond acceptors (Lipinski definition) is 6. The van der Waals surface area contributed by atoms with Gasteiger partial charge in [-0.05, 0) is 38.0 Å². The van der Waals surface area contributed by atoms with Gasteiger partial charge >= 0.3 is 0 Å². The lowest BCUT2D eigenvalue weighted by Crippen LogP contribution is -2.18. The van der Waals surface area contributed by atoms with Gasteiger partial charge in [-0.2, -0.15) is 0 Å². The van der Waals surface area contributed by atoms with Crippen molar-refractivity contribution in [2.45, 2.75) is 26.8 Å². The summed E-state index contributed by atoms with van der Waals surface area (Å²) in [6, 6.07) is 7.77. The number of benzene rings is 1. The minimum atomic E-state index is -0.293. The molecule has 1 aromatic carbocycles. The normalized spacial score (nSPS) is 11.4. The summed E-state index contributed by atoms with van der Waals surface area (Å²) in [6.07, 6.45) is 2.28. The Morgan fingerprint density at radius 2 is 2.10 bits per heavy atom. The fourth-order valence-corrected chi connectivity index (χ4v) is 4.48. The predicted octanol–water partition coefficient (Wildman–Crippen LogP) is 3.33. The number of rotatable bonds is 7. The van der Waals surface area contributed by atoms with E-state index in [-0.39, 0.29) is 11.5 Å². The van der Waals surface area contributed by atoms with Crippen LogP contribution in [0, 0.1) is 6.92 Å². The molecule has 4 aromatic rings. The number of carbonyl (C=O) groups is 1. The minimum Gasteiger partial charge on any atom is -0.382 e. The molecule has 156 valence electrons. The van der Waals surface area contributed by atoms with E-state index in [0.29, 0.717) is 46.4 Å². The molecule has 0 saturated carbocycles. The second-order valence-corrected chi connectivity index (χ2v) is 7.98. The SMILES string of the molecule is CCOCCCn1c(NC(=O)c2sc3ncn(C)c(=O)c3c2C)nc2ccccc21. The molecule has 0 radical (unpaired) electrons. The summed E-state index contributed by atoms with van der Waals surface area (Å²) in [6.45, 7) is 5.73. The molecule has 0 aliphatic carbocycles. The zero-order chi connectivity index (χ0) is 21.3. The zero-order valence-electron chi connectivity index (χ0n) is 17.1. The van der Waals surface area contributed by atoms with E-state index in [4.69, 9.17) is 4.74 Å². The molecule has 0 aliphatic rings. The molecule has 0 unspecified atom stereocenters. The lowest BCUT2D eigenvalue weighted by molar-refractivity contribution is 0.102. The van der Waals surface area contributed by atoms with Crippen LogP contribution >= 0.6 is 11.3 Å². The van der Waals surface area contributed by atoms with E-state index in [2.05, 4.69) is 15.3 Å². The van der Waals surface area contributed by atoms with Crippen molar-refractivity contribution in [1.29, 1.82) is 0 Å². The van der Waals surface area contributed by atoms with Crippen molar-refractivity contribution in [3.8, 4) is 0 Å². The van der Waals surface area contributed by atoms with Crippen molar-refractivity contribution in [3.63, 3.8) is 0 Å². The number of ether oxygens (including phenoxy) is 1. The molecule has 1 N–H and O–H groups in total. The first kappa shape index (κ1) is 20.2. The lowest BCUT2D eigenvalue weighted by Gasteiger charge is -2.10. The molecule has 0 atom stereocenters. The molecule has 3 heterocycles. The van der Waals surface area contributed by atoms with Gasteiger partial charge in [0.15, 0.2) is 0 Å². The Morgan fingerprint density at radius 3 is 2.90 bits per heavy atom. The molecule has 0 fully saturated rings. The van der Waals surface area contributed by atoms with Crippen LogP contribution in [-0.4, -0.2) is 38.2 Å². The van der Waals surface area contributed by atoms with Gasteiger partial charge in [0.25, 0.3) is 11.5 Å². The van der Waals surface area contributed by atoms with Crippen LogP contribution in [-0.2, 0) is 18.3 Å². The molecule has 0 aliphatic heterocycles. The zero-order valence-corrected chi connectivity index (χ0v) is 18.0. The van der Waals surface area contributed by atoms with Crippen LogP contribution in [0.25, 0.3) is 21.3 Å². The van der Waals surface area contributed by atoms with Gasteiger partial charge in [-0.15, -0.1) is 11.3 Å². The lowest BCUT2D eigenvalue weighted by atomic mass is 10.2. The number of thiophene rings is 1. The van der Waals surface area contributed by atoms with Crippen LogP contribution in [0.15, 0.2) is 35.4 Å². The summed E-state index contributed by atoms with van der Waals surface area (Å²) in [5.41, 5.74) is 2.25. The minimum absolute atomic E-state index is 0.157. The molecule has 8 nitrogen and oxygen atoms in total. The maximum absolute atomic E-state index is 13.1. The summed E-state index contributed by atoms with van der Waals surface area (Å²) < 4.78 is 8.86. The summed E-state index contributed by atoms with van der Waals surface area (Å²) >= 11 is 1.22. The molecule has 30 heavy (non-hydrogen) atoms. The van der Waals surface area contributed by atoms with Gasteiger partial charge in [0.1, 0.15) is 4.83 Å². The first-order chi connectivity index (χ1) is 14.5. The number of carbonyl (C=O) groups excluding carboxylic acids is 1. The number of nitrogens with zero attached hydrogens (tertiary/aromatic N) is 4. The first-order valence-corrected chi connectivity index (χ1v) is 10.6. The largest absolute Gasteiger partial charge is 0.382 e. The predicted molar refractivity (Wildman–Crippen MR) is 118 cm³/mol. The number of para-hydroxylation sites is 2. The van der Waals surface area contributed by atoms with Crippen molar-refractivity contribution in [2.24, 2.45) is 7.05 Å². The Labute approximate surface area is 177 Å². The van der Waals surface area contributed by atoms with E-state index in [1.165, 1.54) is 22.2 Å². The van der Waals surface area contributed by atoms with E-state index in [1.807, 2.05) is 35.8 Å². The smallest absolute Gasteiger partial charge is 0.268 e. The average Bonchev–Trinajstić information content (AvgIpc) is 3.26. The fourth-order valence-electron chi connectivity index (χ4n) is 3.45. The van der Waals surface area contributed by atoms with Gasteiger partial charge in [-0.1, -0.05) is 12.1 Å². The van der Waals surface area contributed by atoms with Crippen LogP contribution in [0.3, 0.4) is 0 Å². The van der Waals surface area contributed by atoms with Crippen molar-refractivity contribution >= 4 is 44.4 Å². The van der Waals surface area contributed by atoms with Crippen LogP contribution in [0.4, 0.5) is 5.95 Å². The maximum atomic E-state index is 13.1. The molecule has 1 amide bonds. The molecular weight excluding hydrogens is 402 g/mol. The number of aryl methyl sites for hydroxylation is 3. The molecule has 4 rings (SSSR count). The van der Waals surface area contributed by atoms with Crippen molar-refractivity contribution < 1.29 is 9.53 Å². The Hall–Kier alpha value is -3.04. The van der Waals surface area contributed by atoms with Gasteiger partial charge < -0.3 is 13.9 Å². The summed E-state index contributed by atoms with van der Waals surface area (Å²) in [4.78, 5) is 35.5. The number of amides is 1. The van der Waals surface area contributed by atoms with Crippen molar-refractivity contribution in [2.75, 3.05) is 18.5 Å². The quantitative estimate of drug-likeness (QED) is 0.459. The summed E-state index contributed by atoms with van der Waals surface area (Å²) in [5.74, 6) is 0.189. The monoisotopic (exact) mass is 425 g/mol. The topological polar surface area (TPSA) is 91.0 Å². The van der Waals surface area contributed by atoms with E-state index < -0.39 is 0 Å². The van der Waals surface area contributed by atoms with Gasteiger partial charge in [-0.3, -0.25) is 14.9 Å². The van der Waals surface area contributed by atoms with Gasteiger partial charge in [0, 0.05) is 26.8 Å². The standard InChI is InChI=1S/C21H23N5O3S/c1-4-29-11-7-10-26-15-9-6-5-8-14(15)23-21(26)24-18(27)17-13(2)16-19(30-17)22-12-25(3)20(16)28/h5-6,8-9,12H,4,7,10-11H2,1-3H3,(H,23,24,27). The van der Waals surface area contributed by atoms with E-state index in [1.54, 1.807) is 14.0 Å². The van der Waals surface area contributed by atoms with E-state index >= 15 is 0 Å². The van der Waals surface area contributed by atoms with Gasteiger partial charge in [-0.25, -0.2) is 9.97 Å². The van der Waals surface area contributed by atoms with Crippen LogP contribution in [0.1, 0.15) is 28.6 Å². The van der Waals surface area contributed by atoms with E-state index in [9.17, 15) is 9.59 Å². The first-order valence-electron chi connectivity index (χ1n) is 9.80. The van der Waals surface area contributed by atoms with E-state index in [0.717, 1.165) is 17.5 Å². The number of aromatic nitrogens is 4. The second-order valence-electron chi connectivity index (χ2n) is 6.98. The molecule has 0 bridgehead atoms. The third-order valence-corrected chi connectivity index (χ3v) is 6.17. The maximum Gasteiger partial charge on any atom is 0.268 e. The number of imidazole rings is 1. The third kappa shape index (κ3) is 3.61. The Morgan fingerprint density at radius 1 is 1.30 bits per heavy atom.